The molecule has 2 aromatic heterocycles. The second kappa shape index (κ2) is 10.5. The Hall–Kier alpha value is -4.01. The maximum absolute atomic E-state index is 13.8. The molecule has 0 spiro atoms. The van der Waals surface area contributed by atoms with Crippen molar-refractivity contribution in [3.05, 3.63) is 75.9 Å². The van der Waals surface area contributed by atoms with Crippen molar-refractivity contribution in [3.63, 3.8) is 0 Å². The van der Waals surface area contributed by atoms with E-state index in [1.54, 1.807) is 20.0 Å². The predicted octanol–water partition coefficient (Wildman–Crippen LogP) is 5.15. The van der Waals surface area contributed by atoms with Crippen LogP contribution >= 0.6 is 0 Å². The number of aryl methyl sites for hydroxylation is 3. The Morgan fingerprint density at radius 1 is 1.12 bits per heavy atom. The van der Waals surface area contributed by atoms with E-state index in [4.69, 9.17) is 9.97 Å². The van der Waals surface area contributed by atoms with E-state index in [0.29, 0.717) is 36.6 Å². The van der Waals surface area contributed by atoms with Crippen molar-refractivity contribution < 1.29 is 14.7 Å². The molecule has 9 heteroatoms. The van der Waals surface area contributed by atoms with Crippen LogP contribution in [0.15, 0.2) is 36.5 Å². The Balaban J connectivity index is 1.35. The summed E-state index contributed by atoms with van der Waals surface area (Å²) >= 11 is 0. The molecule has 5 rings (SSSR count). The number of pyridine rings is 1. The number of nitrogens with one attached hydrogen (secondary N) is 1. The summed E-state index contributed by atoms with van der Waals surface area (Å²) in [4.78, 5) is 43.5. The summed E-state index contributed by atoms with van der Waals surface area (Å²) < 4.78 is 0. The van der Waals surface area contributed by atoms with Crippen molar-refractivity contribution in [1.29, 1.82) is 0 Å². The predicted molar refractivity (Wildman–Crippen MR) is 155 cm³/mol. The summed E-state index contributed by atoms with van der Waals surface area (Å²) in [5.74, 6) is 0.444. The molecular weight excluding hydrogens is 504 g/mol. The average Bonchev–Trinajstić information content (AvgIpc) is 3.30. The van der Waals surface area contributed by atoms with Crippen LogP contribution in [0.4, 0.5) is 11.6 Å². The molecule has 3 heterocycles. The highest BCUT2D eigenvalue weighted by Gasteiger charge is 2.39. The minimum absolute atomic E-state index is 0.0931. The number of carboxylic acid groups (broad SMARTS) is 1. The van der Waals surface area contributed by atoms with Crippen molar-refractivity contribution in [3.8, 4) is 0 Å². The quantitative estimate of drug-likeness (QED) is 0.440. The zero-order valence-electron chi connectivity index (χ0n) is 24.2. The molecule has 3 aromatic rings. The van der Waals surface area contributed by atoms with Crippen LogP contribution in [-0.4, -0.2) is 62.0 Å². The first-order valence-corrected chi connectivity index (χ1v) is 14.0. The molecule has 1 aliphatic heterocycles. The van der Waals surface area contributed by atoms with Crippen LogP contribution in [0.25, 0.3) is 0 Å². The number of hydrogen-bond acceptors (Lipinski definition) is 7. The lowest BCUT2D eigenvalue weighted by Gasteiger charge is -2.47. The Bertz CT molecular complexity index is 1440. The summed E-state index contributed by atoms with van der Waals surface area (Å²) in [6.45, 7) is 13.4. The fraction of sp³-hybridized carbons (Fsp3) is 0.452. The topological polar surface area (TPSA) is 112 Å². The van der Waals surface area contributed by atoms with Gasteiger partial charge < -0.3 is 20.2 Å². The van der Waals surface area contributed by atoms with Gasteiger partial charge in [0.2, 0.25) is 0 Å². The summed E-state index contributed by atoms with van der Waals surface area (Å²) in [5, 5.41) is 13.1. The minimum Gasteiger partial charge on any atom is -0.478 e. The average molecular weight is 543 g/mol. The maximum Gasteiger partial charge on any atom is 0.337 e. The van der Waals surface area contributed by atoms with Crippen molar-refractivity contribution in [1.82, 2.24) is 19.9 Å². The molecule has 1 saturated heterocycles. The van der Waals surface area contributed by atoms with Crippen LogP contribution < -0.4 is 10.2 Å². The largest absolute Gasteiger partial charge is 0.478 e. The minimum atomic E-state index is -0.971. The molecule has 0 unspecified atom stereocenters. The van der Waals surface area contributed by atoms with Crippen LogP contribution in [0, 0.1) is 13.8 Å². The Kier molecular flexibility index (Phi) is 7.25. The van der Waals surface area contributed by atoms with Gasteiger partial charge in [-0.25, -0.2) is 19.7 Å². The number of amides is 1. The molecule has 2 N–H and O–H groups in total. The molecule has 40 heavy (non-hydrogen) atoms. The number of nitrogens with zero attached hydrogens (tertiary/aromatic N) is 5. The van der Waals surface area contributed by atoms with Gasteiger partial charge in [0.15, 0.2) is 0 Å². The van der Waals surface area contributed by atoms with E-state index < -0.39 is 11.5 Å². The van der Waals surface area contributed by atoms with Gasteiger partial charge in [-0.2, -0.15) is 0 Å². The summed E-state index contributed by atoms with van der Waals surface area (Å²) in [6.07, 6.45) is 3.64. The highest BCUT2D eigenvalue weighted by Crippen LogP contribution is 2.35. The number of aromatic carboxylic acids is 1. The SMILES string of the molecule is Cc1cc(N2CCN(C(=O)c3cnc(N[C@H]4CCc5ccccc54)c(C(C)C)n3)C(C)(C)C2)nc(C)c1C(=O)O. The van der Waals surface area contributed by atoms with Gasteiger partial charge in [-0.15, -0.1) is 0 Å². The molecule has 1 aliphatic carbocycles. The molecule has 0 saturated carbocycles. The first kappa shape index (κ1) is 27.6. The zero-order chi connectivity index (χ0) is 28.8. The van der Waals surface area contributed by atoms with Crippen LogP contribution in [0.2, 0.25) is 0 Å². The normalized spacial score (nSPS) is 18.1. The molecule has 9 nitrogen and oxygen atoms in total. The number of carboxylic acids is 1. The van der Waals surface area contributed by atoms with Gasteiger partial charge >= 0.3 is 5.97 Å². The number of hydrogen-bond donors (Lipinski definition) is 2. The fourth-order valence-corrected chi connectivity index (χ4v) is 6.05. The standard InChI is InChI=1S/C31H38N6O3/c1-18(2)27-28(35-23-12-11-21-9-7-8-10-22(21)23)32-16-24(34-27)29(38)37-14-13-36(17-31(37,5)6)25-15-19(3)26(30(39)40)20(4)33-25/h7-10,15-16,18,23H,11-14,17H2,1-6H3,(H,32,35)(H,39,40)/t23-/m0/s1. The second-order valence-corrected chi connectivity index (χ2v) is 11.8. The van der Waals surface area contributed by atoms with Crippen LogP contribution in [-0.2, 0) is 6.42 Å². The smallest absolute Gasteiger partial charge is 0.337 e. The molecule has 0 radical (unpaired) electrons. The number of benzene rings is 1. The Morgan fingerprint density at radius 3 is 2.55 bits per heavy atom. The third kappa shape index (κ3) is 5.12. The summed E-state index contributed by atoms with van der Waals surface area (Å²) in [7, 11) is 0. The number of aromatic nitrogens is 3. The lowest BCUT2D eigenvalue weighted by molar-refractivity contribution is 0.0506. The summed E-state index contributed by atoms with van der Waals surface area (Å²) in [6, 6.07) is 10.5. The van der Waals surface area contributed by atoms with E-state index in [2.05, 4.69) is 53.3 Å². The first-order chi connectivity index (χ1) is 19.0. The molecule has 1 atom stereocenters. The van der Waals surface area contributed by atoms with E-state index in [-0.39, 0.29) is 23.4 Å². The monoisotopic (exact) mass is 542 g/mol. The second-order valence-electron chi connectivity index (χ2n) is 11.8. The Labute approximate surface area is 235 Å². The number of fused-ring (bicyclic) bond motifs is 1. The zero-order valence-corrected chi connectivity index (χ0v) is 24.2. The fourth-order valence-electron chi connectivity index (χ4n) is 6.05. The van der Waals surface area contributed by atoms with E-state index in [1.165, 1.54) is 11.1 Å². The first-order valence-electron chi connectivity index (χ1n) is 14.0. The van der Waals surface area contributed by atoms with Crippen LogP contribution in [0.1, 0.15) is 95.0 Å². The van der Waals surface area contributed by atoms with Crippen molar-refractivity contribution in [2.45, 2.75) is 71.9 Å². The number of piperazine rings is 1. The molecule has 1 aromatic carbocycles. The van der Waals surface area contributed by atoms with Crippen molar-refractivity contribution in [2.75, 3.05) is 29.9 Å². The van der Waals surface area contributed by atoms with E-state index in [9.17, 15) is 14.7 Å². The van der Waals surface area contributed by atoms with Crippen molar-refractivity contribution in [2.24, 2.45) is 0 Å². The molecule has 210 valence electrons. The number of carbonyl (C=O) groups is 2. The molecule has 2 aliphatic rings. The maximum atomic E-state index is 13.8. The van der Waals surface area contributed by atoms with Gasteiger partial charge in [-0.05, 0) is 69.2 Å². The highest BCUT2D eigenvalue weighted by molar-refractivity contribution is 5.93. The number of carbonyl (C=O) groups excluding carboxylic acids is 1. The van der Waals surface area contributed by atoms with Gasteiger partial charge in [0, 0.05) is 19.6 Å². The van der Waals surface area contributed by atoms with Gasteiger partial charge in [-0.3, -0.25) is 4.79 Å². The molecule has 1 amide bonds. The third-order valence-electron chi connectivity index (χ3n) is 8.08. The molecule has 1 fully saturated rings. The van der Waals surface area contributed by atoms with Gasteiger partial charge in [0.05, 0.1) is 34.7 Å². The van der Waals surface area contributed by atoms with E-state index in [0.717, 1.165) is 30.2 Å². The van der Waals surface area contributed by atoms with Gasteiger partial charge in [-0.1, -0.05) is 38.1 Å². The Morgan fingerprint density at radius 2 is 1.88 bits per heavy atom. The van der Waals surface area contributed by atoms with Crippen LogP contribution in [0.3, 0.4) is 0 Å². The lowest BCUT2D eigenvalue weighted by Crippen LogP contribution is -2.61. The third-order valence-corrected chi connectivity index (χ3v) is 8.08. The number of anilines is 2. The van der Waals surface area contributed by atoms with E-state index >= 15 is 0 Å². The number of rotatable bonds is 6. The van der Waals surface area contributed by atoms with Crippen molar-refractivity contribution >= 4 is 23.5 Å². The molecule has 0 bridgehead atoms. The lowest BCUT2D eigenvalue weighted by atomic mass is 9.97. The van der Waals surface area contributed by atoms with Gasteiger partial charge in [0.1, 0.15) is 17.3 Å². The van der Waals surface area contributed by atoms with E-state index in [1.807, 2.05) is 24.8 Å². The molecular formula is C31H38N6O3. The summed E-state index contributed by atoms with van der Waals surface area (Å²) in [5.41, 5.74) is 4.71. The van der Waals surface area contributed by atoms with Crippen LogP contribution in [0.5, 0.6) is 0 Å². The highest BCUT2D eigenvalue weighted by atomic mass is 16.4. The van der Waals surface area contributed by atoms with Gasteiger partial charge in [0.25, 0.3) is 5.91 Å².